The molecular formula is C23H23N3O4. The average Bonchev–Trinajstić information content (AvgIpc) is 3.23. The highest BCUT2D eigenvalue weighted by atomic mass is 16.5. The van der Waals surface area contributed by atoms with Gasteiger partial charge in [0.05, 0.1) is 44.5 Å². The van der Waals surface area contributed by atoms with E-state index in [4.69, 9.17) is 14.6 Å². The molecule has 0 amide bonds. The van der Waals surface area contributed by atoms with E-state index in [1.807, 2.05) is 60.8 Å². The molecular weight excluding hydrogens is 382 g/mol. The fourth-order valence-electron chi connectivity index (χ4n) is 3.37. The van der Waals surface area contributed by atoms with E-state index in [0.29, 0.717) is 24.4 Å². The maximum atomic E-state index is 13.3. The quantitative estimate of drug-likeness (QED) is 0.456. The van der Waals surface area contributed by atoms with Crippen molar-refractivity contribution in [1.29, 1.82) is 0 Å². The van der Waals surface area contributed by atoms with Crippen molar-refractivity contribution < 1.29 is 14.6 Å². The summed E-state index contributed by atoms with van der Waals surface area (Å²) in [6, 6.07) is 19.1. The molecule has 2 aromatic carbocycles. The molecule has 7 nitrogen and oxygen atoms in total. The van der Waals surface area contributed by atoms with Gasteiger partial charge in [-0.05, 0) is 35.9 Å². The van der Waals surface area contributed by atoms with Gasteiger partial charge in [0.2, 0.25) is 0 Å². The fraction of sp³-hybridized carbons (Fsp3) is 0.217. The third-order valence-electron chi connectivity index (χ3n) is 4.89. The first-order valence-corrected chi connectivity index (χ1v) is 9.73. The van der Waals surface area contributed by atoms with Crippen molar-refractivity contribution in [3.8, 4) is 28.3 Å². The van der Waals surface area contributed by atoms with Crippen LogP contribution >= 0.6 is 0 Å². The number of benzene rings is 2. The zero-order valence-corrected chi connectivity index (χ0v) is 16.7. The summed E-state index contributed by atoms with van der Waals surface area (Å²) in [4.78, 5) is 13.3. The summed E-state index contributed by atoms with van der Waals surface area (Å²) in [6.45, 7) is 0.901. The molecule has 0 spiro atoms. The summed E-state index contributed by atoms with van der Waals surface area (Å²) in [5.74, 6) is 0.763. The van der Waals surface area contributed by atoms with Crippen LogP contribution in [0.4, 0.5) is 0 Å². The van der Waals surface area contributed by atoms with Gasteiger partial charge in [0.15, 0.2) is 0 Å². The van der Waals surface area contributed by atoms with Crippen LogP contribution in [0.25, 0.3) is 28.0 Å². The Balaban J connectivity index is 1.80. The molecule has 4 rings (SSSR count). The van der Waals surface area contributed by atoms with Crippen LogP contribution in [0, 0.1) is 0 Å². The van der Waals surface area contributed by atoms with Crippen LogP contribution in [-0.4, -0.2) is 46.2 Å². The first-order valence-electron chi connectivity index (χ1n) is 9.73. The van der Waals surface area contributed by atoms with Crippen molar-refractivity contribution in [2.75, 3.05) is 26.9 Å². The molecule has 0 fully saturated rings. The van der Waals surface area contributed by atoms with Gasteiger partial charge in [-0.3, -0.25) is 4.79 Å². The van der Waals surface area contributed by atoms with E-state index in [1.54, 1.807) is 22.3 Å². The van der Waals surface area contributed by atoms with E-state index in [-0.39, 0.29) is 18.8 Å². The average molecular weight is 405 g/mol. The molecule has 0 aliphatic rings. The molecule has 0 aliphatic carbocycles. The minimum Gasteiger partial charge on any atom is -0.497 e. The predicted octanol–water partition coefficient (Wildman–Crippen LogP) is 2.85. The normalized spacial score (nSPS) is 11.1. The third-order valence-corrected chi connectivity index (χ3v) is 4.89. The van der Waals surface area contributed by atoms with Gasteiger partial charge in [0.25, 0.3) is 5.56 Å². The second-order valence-electron chi connectivity index (χ2n) is 6.76. The number of fused-ring (bicyclic) bond motifs is 1. The second kappa shape index (κ2) is 8.94. The highest BCUT2D eigenvalue weighted by Crippen LogP contribution is 2.24. The zero-order chi connectivity index (χ0) is 20.9. The smallest absolute Gasteiger partial charge is 0.277 e. The summed E-state index contributed by atoms with van der Waals surface area (Å²) in [5, 5.41) is 13.6. The lowest BCUT2D eigenvalue weighted by Crippen LogP contribution is -2.26. The third kappa shape index (κ3) is 3.98. The first kappa shape index (κ1) is 19.9. The van der Waals surface area contributed by atoms with Gasteiger partial charge in [-0.25, -0.2) is 4.52 Å². The van der Waals surface area contributed by atoms with Crippen molar-refractivity contribution in [2.24, 2.45) is 0 Å². The lowest BCUT2D eigenvalue weighted by atomic mass is 10.1. The SMILES string of the molecule is COc1ccc(-c2cc3c(=O)n(CCOCCO)c(-c4ccccc4)cn3n2)cc1. The Hall–Kier alpha value is -3.42. The van der Waals surface area contributed by atoms with Gasteiger partial charge >= 0.3 is 0 Å². The van der Waals surface area contributed by atoms with E-state index in [2.05, 4.69) is 5.10 Å². The molecule has 30 heavy (non-hydrogen) atoms. The van der Waals surface area contributed by atoms with E-state index in [0.717, 1.165) is 22.6 Å². The number of methoxy groups -OCH3 is 1. The van der Waals surface area contributed by atoms with Gasteiger partial charge in [0, 0.05) is 12.1 Å². The van der Waals surface area contributed by atoms with E-state index < -0.39 is 0 Å². The minimum absolute atomic E-state index is 0.0483. The van der Waals surface area contributed by atoms with Gasteiger partial charge in [-0.15, -0.1) is 0 Å². The number of rotatable bonds is 8. The number of aliphatic hydroxyl groups excluding tert-OH is 1. The Morgan fingerprint density at radius 3 is 2.47 bits per heavy atom. The van der Waals surface area contributed by atoms with Crippen LogP contribution in [0.5, 0.6) is 5.75 Å². The highest BCUT2D eigenvalue weighted by Gasteiger charge is 2.14. The number of ether oxygens (including phenoxy) is 2. The summed E-state index contributed by atoms with van der Waals surface area (Å²) in [5.41, 5.74) is 3.63. The number of aliphatic hydroxyl groups is 1. The van der Waals surface area contributed by atoms with Crippen molar-refractivity contribution in [3.05, 3.63) is 77.2 Å². The molecule has 0 saturated heterocycles. The molecule has 0 unspecified atom stereocenters. The van der Waals surface area contributed by atoms with Crippen LogP contribution in [0.15, 0.2) is 71.7 Å². The lowest BCUT2D eigenvalue weighted by Gasteiger charge is -2.14. The minimum atomic E-state index is -0.142. The maximum Gasteiger partial charge on any atom is 0.277 e. The van der Waals surface area contributed by atoms with E-state index >= 15 is 0 Å². The molecule has 0 bridgehead atoms. The van der Waals surface area contributed by atoms with Crippen molar-refractivity contribution in [1.82, 2.24) is 14.2 Å². The zero-order valence-electron chi connectivity index (χ0n) is 16.7. The van der Waals surface area contributed by atoms with Crippen LogP contribution < -0.4 is 10.3 Å². The Bertz CT molecular complexity index is 1180. The van der Waals surface area contributed by atoms with Crippen molar-refractivity contribution in [3.63, 3.8) is 0 Å². The lowest BCUT2D eigenvalue weighted by molar-refractivity contribution is 0.0868. The van der Waals surface area contributed by atoms with Crippen LogP contribution in [0.3, 0.4) is 0 Å². The number of hydrogen-bond donors (Lipinski definition) is 1. The molecule has 154 valence electrons. The molecule has 2 aromatic heterocycles. The summed E-state index contributed by atoms with van der Waals surface area (Å²) in [7, 11) is 1.62. The molecule has 0 radical (unpaired) electrons. The topological polar surface area (TPSA) is 78.0 Å². The molecule has 0 saturated carbocycles. The summed E-state index contributed by atoms with van der Waals surface area (Å²) < 4.78 is 13.9. The van der Waals surface area contributed by atoms with Crippen molar-refractivity contribution in [2.45, 2.75) is 6.54 Å². The van der Waals surface area contributed by atoms with Gasteiger partial charge in [0.1, 0.15) is 11.3 Å². The van der Waals surface area contributed by atoms with Gasteiger partial charge < -0.3 is 19.1 Å². The van der Waals surface area contributed by atoms with Crippen LogP contribution in [-0.2, 0) is 11.3 Å². The number of aromatic nitrogens is 3. The summed E-state index contributed by atoms with van der Waals surface area (Å²) in [6.07, 6.45) is 1.87. The molecule has 1 N–H and O–H groups in total. The van der Waals surface area contributed by atoms with E-state index in [9.17, 15) is 4.79 Å². The van der Waals surface area contributed by atoms with Gasteiger partial charge in [-0.2, -0.15) is 5.10 Å². The first-order chi connectivity index (χ1) is 14.7. The molecule has 2 heterocycles. The summed E-state index contributed by atoms with van der Waals surface area (Å²) >= 11 is 0. The highest BCUT2D eigenvalue weighted by molar-refractivity contribution is 5.68. The Labute approximate surface area is 173 Å². The number of nitrogens with zero attached hydrogens (tertiary/aromatic N) is 3. The van der Waals surface area contributed by atoms with Crippen LogP contribution in [0.2, 0.25) is 0 Å². The molecule has 0 atom stereocenters. The molecule has 7 heteroatoms. The Morgan fingerprint density at radius 2 is 1.77 bits per heavy atom. The monoisotopic (exact) mass is 405 g/mol. The van der Waals surface area contributed by atoms with Crippen LogP contribution in [0.1, 0.15) is 0 Å². The second-order valence-corrected chi connectivity index (χ2v) is 6.76. The maximum absolute atomic E-state index is 13.3. The Morgan fingerprint density at radius 1 is 1.00 bits per heavy atom. The van der Waals surface area contributed by atoms with Crippen molar-refractivity contribution >= 4 is 5.52 Å². The van der Waals surface area contributed by atoms with E-state index in [1.165, 1.54) is 0 Å². The largest absolute Gasteiger partial charge is 0.497 e. The standard InChI is InChI=1S/C23H23N3O4/c1-29-19-9-7-17(8-10-19)20-15-21-23(28)25(11-13-30-14-12-27)22(16-26(21)24-20)18-5-3-2-4-6-18/h2-10,15-16,27H,11-14H2,1H3. The Kier molecular flexibility index (Phi) is 5.92. The molecule has 4 aromatic rings. The fourth-order valence-corrected chi connectivity index (χ4v) is 3.37. The molecule has 0 aliphatic heterocycles. The predicted molar refractivity (Wildman–Crippen MR) is 115 cm³/mol. The number of hydrogen-bond acceptors (Lipinski definition) is 5. The van der Waals surface area contributed by atoms with Gasteiger partial charge in [-0.1, -0.05) is 30.3 Å².